The van der Waals surface area contributed by atoms with E-state index in [0.717, 1.165) is 17.7 Å². The van der Waals surface area contributed by atoms with E-state index in [9.17, 15) is 4.79 Å². The number of carbonyl (C=O) groups is 1. The lowest BCUT2D eigenvalue weighted by Gasteiger charge is -2.24. The van der Waals surface area contributed by atoms with Gasteiger partial charge in [0.25, 0.3) is 5.22 Å². The molecule has 1 aromatic rings. The molecule has 1 aromatic heterocycles. The van der Waals surface area contributed by atoms with E-state index in [2.05, 4.69) is 22.1 Å². The van der Waals surface area contributed by atoms with Crippen LogP contribution in [0, 0.1) is 5.92 Å². The fraction of sp³-hybridized carbons (Fsp3) is 0.688. The highest BCUT2D eigenvalue weighted by molar-refractivity contribution is 7.99. The molecule has 0 unspecified atom stereocenters. The van der Waals surface area contributed by atoms with Gasteiger partial charge in [0.15, 0.2) is 0 Å². The molecule has 1 N–H and O–H groups in total. The molecular weight excluding hydrogens is 314 g/mol. The van der Waals surface area contributed by atoms with Gasteiger partial charge in [0, 0.05) is 5.75 Å². The second kappa shape index (κ2) is 8.38. The molecule has 6 nitrogen and oxygen atoms in total. The van der Waals surface area contributed by atoms with E-state index < -0.39 is 11.7 Å². The van der Waals surface area contributed by atoms with Crippen LogP contribution in [-0.2, 0) is 4.74 Å². The molecule has 7 heteroatoms. The Kier molecular flexibility index (Phi) is 7.12. The number of ether oxygens (including phenoxy) is 1. The molecule has 1 rings (SSSR count). The molecule has 0 aromatic carbocycles. The molecule has 0 aliphatic carbocycles. The largest absolute Gasteiger partial charge is 0.444 e. The van der Waals surface area contributed by atoms with Crippen LogP contribution >= 0.6 is 11.8 Å². The highest BCUT2D eigenvalue weighted by Crippen LogP contribution is 2.27. The van der Waals surface area contributed by atoms with E-state index in [1.807, 2.05) is 41.5 Å². The average molecular weight is 341 g/mol. The van der Waals surface area contributed by atoms with E-state index in [0.29, 0.717) is 11.1 Å². The zero-order valence-electron chi connectivity index (χ0n) is 14.8. The number of rotatable bonds is 7. The minimum atomic E-state index is -0.554. The molecule has 23 heavy (non-hydrogen) atoms. The summed E-state index contributed by atoms with van der Waals surface area (Å²) in [4.78, 5) is 12.0. The Morgan fingerprint density at radius 2 is 2.09 bits per heavy atom. The van der Waals surface area contributed by atoms with E-state index in [-0.39, 0.29) is 12.0 Å². The van der Waals surface area contributed by atoms with Gasteiger partial charge in [-0.15, -0.1) is 10.2 Å². The average Bonchev–Trinajstić information content (AvgIpc) is 2.88. The van der Waals surface area contributed by atoms with Gasteiger partial charge >= 0.3 is 6.09 Å². The van der Waals surface area contributed by atoms with Gasteiger partial charge < -0.3 is 14.5 Å². The topological polar surface area (TPSA) is 77.2 Å². The molecule has 2 atom stereocenters. The second-order valence-corrected chi connectivity index (χ2v) is 7.59. The van der Waals surface area contributed by atoms with Crippen LogP contribution in [0.2, 0.25) is 0 Å². The lowest BCUT2D eigenvalue weighted by atomic mass is 9.99. The number of hydrogen-bond donors (Lipinski definition) is 1. The maximum Gasteiger partial charge on any atom is 0.408 e. The van der Waals surface area contributed by atoms with E-state index >= 15 is 0 Å². The molecule has 0 aliphatic heterocycles. The van der Waals surface area contributed by atoms with Crippen LogP contribution in [0.1, 0.15) is 59.9 Å². The number of alkyl carbamates (subject to hydrolysis) is 1. The number of nitrogens with zero attached hydrogens (tertiary/aromatic N) is 2. The SMILES string of the molecule is C=C(C)CSc1nnc([C@@H](NC(=O)OC(C)(C)C)[C@@H](C)CC)o1. The zero-order chi connectivity index (χ0) is 17.6. The van der Waals surface area contributed by atoms with Crippen molar-refractivity contribution in [3.8, 4) is 0 Å². The summed E-state index contributed by atoms with van der Waals surface area (Å²) in [6.45, 7) is 15.3. The van der Waals surface area contributed by atoms with Crippen molar-refractivity contribution >= 4 is 17.9 Å². The molecule has 0 radical (unpaired) electrons. The Hall–Kier alpha value is -1.50. The summed E-state index contributed by atoms with van der Waals surface area (Å²) >= 11 is 1.43. The molecule has 0 aliphatic rings. The molecule has 130 valence electrons. The Morgan fingerprint density at radius 3 is 2.61 bits per heavy atom. The van der Waals surface area contributed by atoms with Crippen LogP contribution in [-0.4, -0.2) is 27.6 Å². The van der Waals surface area contributed by atoms with Crippen LogP contribution in [0.4, 0.5) is 4.79 Å². The summed E-state index contributed by atoms with van der Waals surface area (Å²) in [6.07, 6.45) is 0.369. The maximum absolute atomic E-state index is 12.0. The van der Waals surface area contributed by atoms with Crippen molar-refractivity contribution in [1.29, 1.82) is 0 Å². The van der Waals surface area contributed by atoms with Crippen molar-refractivity contribution in [2.24, 2.45) is 5.92 Å². The summed E-state index contributed by atoms with van der Waals surface area (Å²) in [7, 11) is 0. The predicted molar refractivity (Wildman–Crippen MR) is 91.4 cm³/mol. The number of thioether (sulfide) groups is 1. The third-order valence-electron chi connectivity index (χ3n) is 3.02. The summed E-state index contributed by atoms with van der Waals surface area (Å²) in [5.41, 5.74) is 0.474. The van der Waals surface area contributed by atoms with Crippen LogP contribution in [0.15, 0.2) is 21.8 Å². The van der Waals surface area contributed by atoms with Crippen molar-refractivity contribution in [1.82, 2.24) is 15.5 Å². The monoisotopic (exact) mass is 341 g/mol. The van der Waals surface area contributed by atoms with Crippen molar-refractivity contribution in [2.45, 2.75) is 64.8 Å². The van der Waals surface area contributed by atoms with Gasteiger partial charge in [-0.3, -0.25) is 0 Å². The molecule has 0 spiro atoms. The van der Waals surface area contributed by atoms with Gasteiger partial charge in [-0.05, 0) is 33.6 Å². The number of aromatic nitrogens is 2. The molecule has 0 fully saturated rings. The Balaban J connectivity index is 2.82. The first-order valence-corrected chi connectivity index (χ1v) is 8.71. The molecule has 1 heterocycles. The lowest BCUT2D eigenvalue weighted by molar-refractivity contribution is 0.0474. The third-order valence-corrected chi connectivity index (χ3v) is 4.06. The highest BCUT2D eigenvalue weighted by atomic mass is 32.2. The van der Waals surface area contributed by atoms with Gasteiger partial charge in [0.1, 0.15) is 11.6 Å². The normalized spacial score (nSPS) is 14.2. The molecule has 0 saturated carbocycles. The quantitative estimate of drug-likeness (QED) is 0.587. The van der Waals surface area contributed by atoms with E-state index in [1.165, 1.54) is 11.8 Å². The smallest absolute Gasteiger partial charge is 0.408 e. The van der Waals surface area contributed by atoms with Crippen molar-refractivity contribution in [3.63, 3.8) is 0 Å². The first-order chi connectivity index (χ1) is 10.6. The number of amides is 1. The maximum atomic E-state index is 12.0. The van der Waals surface area contributed by atoms with E-state index in [1.54, 1.807) is 0 Å². The summed E-state index contributed by atoms with van der Waals surface area (Å²) in [5, 5.41) is 11.4. The molecule has 0 bridgehead atoms. The first kappa shape index (κ1) is 19.5. The van der Waals surface area contributed by atoms with Crippen molar-refractivity contribution < 1.29 is 13.9 Å². The van der Waals surface area contributed by atoms with Crippen LogP contribution in [0.3, 0.4) is 0 Å². The molecule has 0 saturated heterocycles. The van der Waals surface area contributed by atoms with Crippen LogP contribution in [0.5, 0.6) is 0 Å². The first-order valence-electron chi connectivity index (χ1n) is 7.72. The van der Waals surface area contributed by atoms with Gasteiger partial charge in [-0.1, -0.05) is 44.2 Å². The van der Waals surface area contributed by atoms with Gasteiger partial charge in [0.2, 0.25) is 5.89 Å². The highest BCUT2D eigenvalue weighted by Gasteiger charge is 2.28. The summed E-state index contributed by atoms with van der Waals surface area (Å²) in [6, 6.07) is -0.374. The van der Waals surface area contributed by atoms with Gasteiger partial charge in [0.05, 0.1) is 0 Å². The van der Waals surface area contributed by atoms with Gasteiger partial charge in [-0.25, -0.2) is 4.79 Å². The van der Waals surface area contributed by atoms with Crippen molar-refractivity contribution in [3.05, 3.63) is 18.0 Å². The molecule has 1 amide bonds. The summed E-state index contributed by atoms with van der Waals surface area (Å²) in [5.74, 6) is 1.26. The van der Waals surface area contributed by atoms with Crippen molar-refractivity contribution in [2.75, 3.05) is 5.75 Å². The fourth-order valence-electron chi connectivity index (χ4n) is 1.71. The second-order valence-electron chi connectivity index (χ2n) is 6.66. The minimum Gasteiger partial charge on any atom is -0.444 e. The predicted octanol–water partition coefficient (Wildman–Crippen LogP) is 4.35. The Labute approximate surface area is 142 Å². The Bertz CT molecular complexity index is 537. The summed E-state index contributed by atoms with van der Waals surface area (Å²) < 4.78 is 11.0. The standard InChI is InChI=1S/C16H27N3O3S/c1-8-11(4)12(17-14(20)22-16(5,6)7)13-18-19-15(21-13)23-9-10(2)3/h11-12H,2,8-9H2,1,3-7H3,(H,17,20)/t11-,12-/m0/s1. The van der Waals surface area contributed by atoms with E-state index in [4.69, 9.17) is 9.15 Å². The minimum absolute atomic E-state index is 0.141. The number of nitrogens with one attached hydrogen (secondary N) is 1. The zero-order valence-corrected chi connectivity index (χ0v) is 15.6. The number of carbonyl (C=O) groups excluding carboxylic acids is 1. The third kappa shape index (κ3) is 7.07. The fourth-order valence-corrected chi connectivity index (χ4v) is 2.32. The lowest BCUT2D eigenvalue weighted by Crippen LogP contribution is -2.37. The number of hydrogen-bond acceptors (Lipinski definition) is 6. The Morgan fingerprint density at radius 1 is 1.43 bits per heavy atom. The van der Waals surface area contributed by atoms with Gasteiger partial charge in [-0.2, -0.15) is 0 Å². The molecular formula is C16H27N3O3S. The van der Waals surface area contributed by atoms with Crippen LogP contribution < -0.4 is 5.32 Å². The van der Waals surface area contributed by atoms with Crippen LogP contribution in [0.25, 0.3) is 0 Å².